The Morgan fingerprint density at radius 3 is 2.19 bits per heavy atom. The van der Waals surface area contributed by atoms with Gasteiger partial charge in [0.15, 0.2) is 0 Å². The van der Waals surface area contributed by atoms with Gasteiger partial charge in [-0.1, -0.05) is 47.0 Å². The van der Waals surface area contributed by atoms with Crippen molar-refractivity contribution in [1.82, 2.24) is 10.4 Å². The quantitative estimate of drug-likeness (QED) is 0.376. The highest BCUT2D eigenvalue weighted by atomic mass is 16.7. The lowest BCUT2D eigenvalue weighted by Crippen LogP contribution is -2.49. The van der Waals surface area contributed by atoms with Crippen molar-refractivity contribution in [2.75, 3.05) is 54.4 Å². The van der Waals surface area contributed by atoms with Crippen LogP contribution in [0.2, 0.25) is 0 Å². The normalized spacial score (nSPS) is 35.3. The molecule has 0 bridgehead atoms. The first-order chi connectivity index (χ1) is 20.2. The first-order valence-corrected chi connectivity index (χ1v) is 16.5. The molecular formula is C33H66N2O7. The molecule has 42 heavy (non-hydrogen) atoms. The lowest BCUT2D eigenvalue weighted by molar-refractivity contribution is -0.147. The van der Waals surface area contributed by atoms with Crippen LogP contribution in [-0.4, -0.2) is 94.4 Å². The van der Waals surface area contributed by atoms with E-state index >= 15 is 0 Å². The standard InChI is InChI=1S/C18H31NO4.C10H20.C2H5NO.C2H6O.CH4O/c1-20-17-13(11-19-9-4-10-23-19)5-2-6-14(17)15-7-3-8-16-18(15)22-12-21-16;1-8-5-6-9(2)10(3,4)7-8;1-3-2-4;1-2-3;1-2/h13-18H,2-12H2,1H3;8-9H,5-7H2,1-4H3;2H,1H3,(H,3,4);3H,2H2,1H3;2H,1H3. The molecule has 3 saturated carbocycles. The zero-order valence-electron chi connectivity index (χ0n) is 28.2. The van der Waals surface area contributed by atoms with E-state index in [-0.39, 0.29) is 6.61 Å². The molecule has 3 aliphatic carbocycles. The maximum Gasteiger partial charge on any atom is 0.206 e. The van der Waals surface area contributed by atoms with Gasteiger partial charge in [0.1, 0.15) is 6.79 Å². The Bertz CT molecular complexity index is 677. The molecule has 5 rings (SSSR count). The van der Waals surface area contributed by atoms with E-state index in [4.69, 9.17) is 34.1 Å². The van der Waals surface area contributed by atoms with Gasteiger partial charge in [-0.05, 0) is 81.0 Å². The third-order valence-corrected chi connectivity index (χ3v) is 9.86. The van der Waals surface area contributed by atoms with E-state index < -0.39 is 0 Å². The van der Waals surface area contributed by atoms with Gasteiger partial charge in [-0.3, -0.25) is 9.63 Å². The van der Waals surface area contributed by atoms with E-state index in [0.29, 0.717) is 54.7 Å². The Morgan fingerprint density at radius 1 is 1.00 bits per heavy atom. The number of hydrogen-bond donors (Lipinski definition) is 3. The predicted octanol–water partition coefficient (Wildman–Crippen LogP) is 5.03. The van der Waals surface area contributed by atoms with Crippen LogP contribution < -0.4 is 5.32 Å². The Labute approximate surface area is 257 Å². The lowest BCUT2D eigenvalue weighted by Gasteiger charge is -2.45. The number of carbonyl (C=O) groups excluding carboxylic acids is 1. The zero-order valence-corrected chi connectivity index (χ0v) is 28.2. The minimum absolute atomic E-state index is 0.250. The van der Waals surface area contributed by atoms with E-state index in [0.717, 1.165) is 51.5 Å². The molecule has 0 aromatic heterocycles. The summed E-state index contributed by atoms with van der Waals surface area (Å²) in [6.07, 6.45) is 14.6. The summed E-state index contributed by atoms with van der Waals surface area (Å²) < 4.78 is 17.8. The molecular weight excluding hydrogens is 536 g/mol. The van der Waals surface area contributed by atoms with Crippen LogP contribution in [0.4, 0.5) is 0 Å². The monoisotopic (exact) mass is 602 g/mol. The van der Waals surface area contributed by atoms with E-state index in [1.165, 1.54) is 51.4 Å². The summed E-state index contributed by atoms with van der Waals surface area (Å²) in [6, 6.07) is 0. The van der Waals surface area contributed by atoms with Crippen LogP contribution >= 0.6 is 0 Å². The molecule has 8 atom stereocenters. The zero-order chi connectivity index (χ0) is 31.5. The third kappa shape index (κ3) is 12.7. The maximum atomic E-state index is 9.06. The summed E-state index contributed by atoms with van der Waals surface area (Å²) in [5.74, 6) is 3.69. The van der Waals surface area contributed by atoms with Crippen LogP contribution in [0, 0.1) is 35.0 Å². The van der Waals surface area contributed by atoms with Crippen LogP contribution in [-0.2, 0) is 23.8 Å². The van der Waals surface area contributed by atoms with Gasteiger partial charge in [0, 0.05) is 46.9 Å². The van der Waals surface area contributed by atoms with Gasteiger partial charge in [-0.2, -0.15) is 5.06 Å². The second-order valence-electron chi connectivity index (χ2n) is 13.2. The molecule has 3 N–H and O–H groups in total. The fourth-order valence-electron chi connectivity index (χ4n) is 7.58. The fraction of sp³-hybridized carbons (Fsp3) is 0.970. The number of methoxy groups -OCH3 is 1. The van der Waals surface area contributed by atoms with Gasteiger partial charge in [0.2, 0.25) is 6.41 Å². The van der Waals surface area contributed by atoms with Gasteiger partial charge in [0.05, 0.1) is 24.9 Å². The second-order valence-corrected chi connectivity index (χ2v) is 13.2. The molecule has 2 heterocycles. The molecule has 0 aromatic carbocycles. The van der Waals surface area contributed by atoms with Crippen LogP contribution in [0.15, 0.2) is 0 Å². The highest BCUT2D eigenvalue weighted by Gasteiger charge is 2.47. The number of rotatable bonds is 5. The summed E-state index contributed by atoms with van der Waals surface area (Å²) in [5.41, 5.74) is 0.609. The average molecular weight is 603 g/mol. The Balaban J connectivity index is 0.000000386. The molecule has 0 spiro atoms. The number of hydrogen-bond acceptors (Lipinski definition) is 8. The number of ether oxygens (including phenoxy) is 3. The van der Waals surface area contributed by atoms with E-state index in [1.807, 2.05) is 7.11 Å². The minimum atomic E-state index is 0.250. The predicted molar refractivity (Wildman–Crippen MR) is 168 cm³/mol. The molecule has 2 aliphatic heterocycles. The molecule has 8 unspecified atom stereocenters. The van der Waals surface area contributed by atoms with Crippen molar-refractivity contribution in [1.29, 1.82) is 0 Å². The van der Waals surface area contributed by atoms with Crippen molar-refractivity contribution in [2.24, 2.45) is 35.0 Å². The first kappa shape index (κ1) is 39.2. The maximum absolute atomic E-state index is 9.06. The van der Waals surface area contributed by atoms with Gasteiger partial charge in [0.25, 0.3) is 0 Å². The van der Waals surface area contributed by atoms with Crippen LogP contribution in [0.25, 0.3) is 0 Å². The average Bonchev–Trinajstić information content (AvgIpc) is 3.69. The molecule has 2 saturated heterocycles. The molecule has 5 aliphatic rings. The Hall–Kier alpha value is -0.810. The fourth-order valence-corrected chi connectivity index (χ4v) is 7.58. The largest absolute Gasteiger partial charge is 0.400 e. The molecule has 5 fully saturated rings. The number of nitrogens with zero attached hydrogens (tertiary/aromatic N) is 1. The van der Waals surface area contributed by atoms with E-state index in [9.17, 15) is 0 Å². The highest BCUT2D eigenvalue weighted by molar-refractivity contribution is 5.44. The van der Waals surface area contributed by atoms with Gasteiger partial charge >= 0.3 is 0 Å². The van der Waals surface area contributed by atoms with Gasteiger partial charge < -0.3 is 29.7 Å². The number of nitrogens with one attached hydrogen (secondary N) is 1. The summed E-state index contributed by atoms with van der Waals surface area (Å²) >= 11 is 0. The lowest BCUT2D eigenvalue weighted by atomic mass is 9.66. The summed E-state index contributed by atoms with van der Waals surface area (Å²) in [4.78, 5) is 14.8. The minimum Gasteiger partial charge on any atom is -0.400 e. The number of amides is 1. The number of hydroxylamine groups is 2. The van der Waals surface area contributed by atoms with Crippen molar-refractivity contribution in [3.8, 4) is 0 Å². The van der Waals surface area contributed by atoms with Crippen molar-refractivity contribution in [3.63, 3.8) is 0 Å². The van der Waals surface area contributed by atoms with Crippen LogP contribution in [0.5, 0.6) is 0 Å². The number of carbonyl (C=O) groups is 1. The third-order valence-electron chi connectivity index (χ3n) is 9.86. The first-order valence-electron chi connectivity index (χ1n) is 16.5. The Morgan fingerprint density at radius 2 is 1.64 bits per heavy atom. The topological polar surface area (TPSA) is 110 Å². The molecule has 1 amide bonds. The van der Waals surface area contributed by atoms with Crippen molar-refractivity contribution < 1.29 is 34.1 Å². The Kier molecular flexibility index (Phi) is 20.4. The molecule has 0 radical (unpaired) electrons. The number of aliphatic hydroxyl groups excluding tert-OH is 2. The molecule has 9 heteroatoms. The number of aliphatic hydroxyl groups is 2. The summed E-state index contributed by atoms with van der Waals surface area (Å²) in [7, 11) is 4.46. The number of fused-ring (bicyclic) bond motifs is 1. The van der Waals surface area contributed by atoms with Crippen LogP contribution in [0.3, 0.4) is 0 Å². The summed E-state index contributed by atoms with van der Waals surface area (Å²) in [6.45, 7) is 15.0. The second kappa shape index (κ2) is 21.8. The van der Waals surface area contributed by atoms with Crippen LogP contribution in [0.1, 0.15) is 98.8 Å². The molecule has 0 aromatic rings. The highest BCUT2D eigenvalue weighted by Crippen LogP contribution is 2.45. The van der Waals surface area contributed by atoms with Gasteiger partial charge in [-0.25, -0.2) is 0 Å². The van der Waals surface area contributed by atoms with Crippen molar-refractivity contribution >= 4 is 6.41 Å². The smallest absolute Gasteiger partial charge is 0.206 e. The van der Waals surface area contributed by atoms with Gasteiger partial charge in [-0.15, -0.1) is 0 Å². The van der Waals surface area contributed by atoms with E-state index in [1.54, 1.807) is 14.0 Å². The van der Waals surface area contributed by atoms with E-state index in [2.05, 4.69) is 38.1 Å². The molecule has 250 valence electrons. The van der Waals surface area contributed by atoms with Crippen molar-refractivity contribution in [3.05, 3.63) is 0 Å². The van der Waals surface area contributed by atoms with Crippen molar-refractivity contribution in [2.45, 2.75) is 117 Å². The summed E-state index contributed by atoms with van der Waals surface area (Å²) in [5, 5.41) is 19.0. The molecule has 9 nitrogen and oxygen atoms in total. The SMILES string of the molecule is CC1CCC(C)C(C)(C)C1.CCO.CNC=O.CO.COC1C(CN2CCCO2)CCCC1C1CCCC2OCOC21.